The summed E-state index contributed by atoms with van der Waals surface area (Å²) >= 11 is 0. The monoisotopic (exact) mass is 495 g/mol. The molecule has 2 N–H and O–H groups in total. The summed E-state index contributed by atoms with van der Waals surface area (Å²) in [5.41, 5.74) is 3.69. The Kier molecular flexibility index (Phi) is 9.49. The van der Waals surface area contributed by atoms with Crippen molar-refractivity contribution in [2.75, 3.05) is 37.7 Å². The second-order valence-electron chi connectivity index (χ2n) is 6.56. The van der Waals surface area contributed by atoms with E-state index in [9.17, 15) is 0 Å². The Labute approximate surface area is 184 Å². The number of pyridine rings is 1. The molecule has 1 aliphatic rings. The van der Waals surface area contributed by atoms with Gasteiger partial charge >= 0.3 is 0 Å². The molecule has 0 bridgehead atoms. The first kappa shape index (κ1) is 22.4. The molecule has 0 radical (unpaired) electrons. The number of nitrogens with zero attached hydrogens (tertiary/aromatic N) is 3. The van der Waals surface area contributed by atoms with Crippen molar-refractivity contribution in [2.24, 2.45) is 4.99 Å². The molecule has 1 aromatic carbocycles. The fraction of sp³-hybridized carbons (Fsp3) is 0.429. The van der Waals surface area contributed by atoms with Gasteiger partial charge < -0.3 is 20.3 Å². The Morgan fingerprint density at radius 1 is 1.11 bits per heavy atom. The SMILES string of the molecule is CCNC(=NCc1cccnc1N1CCOCC1)NCc1ccccc1C.I. The van der Waals surface area contributed by atoms with Gasteiger partial charge in [-0.1, -0.05) is 30.3 Å². The van der Waals surface area contributed by atoms with Crippen LogP contribution >= 0.6 is 24.0 Å². The summed E-state index contributed by atoms with van der Waals surface area (Å²) in [6.45, 7) is 9.62. The molecule has 0 spiro atoms. The number of morpholine rings is 1. The molecule has 7 heteroatoms. The van der Waals surface area contributed by atoms with E-state index in [1.807, 2.05) is 12.3 Å². The van der Waals surface area contributed by atoms with Crippen molar-refractivity contribution in [1.82, 2.24) is 15.6 Å². The predicted octanol–water partition coefficient (Wildman–Crippen LogP) is 3.10. The lowest BCUT2D eigenvalue weighted by molar-refractivity contribution is 0.122. The summed E-state index contributed by atoms with van der Waals surface area (Å²) in [6, 6.07) is 12.5. The molecule has 28 heavy (non-hydrogen) atoms. The van der Waals surface area contributed by atoms with Gasteiger partial charge in [0.25, 0.3) is 0 Å². The molecule has 6 nitrogen and oxygen atoms in total. The zero-order valence-electron chi connectivity index (χ0n) is 16.6. The van der Waals surface area contributed by atoms with Gasteiger partial charge in [0.05, 0.1) is 19.8 Å². The minimum Gasteiger partial charge on any atom is -0.378 e. The van der Waals surface area contributed by atoms with E-state index in [-0.39, 0.29) is 24.0 Å². The number of aromatic nitrogens is 1. The lowest BCUT2D eigenvalue weighted by atomic mass is 10.1. The molecule has 2 aromatic rings. The number of rotatable bonds is 6. The third-order valence-corrected chi connectivity index (χ3v) is 4.64. The van der Waals surface area contributed by atoms with Crippen LogP contribution in [0.5, 0.6) is 0 Å². The molecule has 152 valence electrons. The molecule has 2 heterocycles. The molecular formula is C21H30IN5O. The number of aryl methyl sites for hydroxylation is 1. The zero-order chi connectivity index (χ0) is 18.9. The maximum absolute atomic E-state index is 5.46. The highest BCUT2D eigenvalue weighted by Crippen LogP contribution is 2.19. The number of nitrogens with one attached hydrogen (secondary N) is 2. The Hall–Kier alpha value is -1.87. The molecule has 0 atom stereocenters. The topological polar surface area (TPSA) is 61.8 Å². The van der Waals surface area contributed by atoms with Crippen molar-refractivity contribution in [2.45, 2.75) is 26.9 Å². The van der Waals surface area contributed by atoms with Gasteiger partial charge in [0.2, 0.25) is 0 Å². The van der Waals surface area contributed by atoms with Gasteiger partial charge in [0, 0.05) is 37.9 Å². The summed E-state index contributed by atoms with van der Waals surface area (Å²) in [4.78, 5) is 11.7. The number of halogens is 1. The van der Waals surface area contributed by atoms with Gasteiger partial charge in [-0.3, -0.25) is 0 Å². The van der Waals surface area contributed by atoms with Crippen LogP contribution in [0.4, 0.5) is 5.82 Å². The van der Waals surface area contributed by atoms with Crippen LogP contribution < -0.4 is 15.5 Å². The summed E-state index contributed by atoms with van der Waals surface area (Å²) in [7, 11) is 0. The standard InChI is InChI=1S/C21H29N5O.HI/c1-3-22-21(24-15-18-8-5-4-7-17(18)2)25-16-19-9-6-10-23-20(19)26-11-13-27-14-12-26;/h4-10H,3,11-16H2,1-2H3,(H2,22,24,25);1H. The lowest BCUT2D eigenvalue weighted by Gasteiger charge is -2.29. The summed E-state index contributed by atoms with van der Waals surface area (Å²) < 4.78 is 5.46. The Balaban J connectivity index is 0.00000280. The number of hydrogen-bond acceptors (Lipinski definition) is 4. The van der Waals surface area contributed by atoms with Crippen LogP contribution in [0.15, 0.2) is 47.6 Å². The molecule has 3 rings (SSSR count). The number of guanidine groups is 1. The number of anilines is 1. The molecule has 0 aliphatic carbocycles. The third-order valence-electron chi connectivity index (χ3n) is 4.64. The van der Waals surface area contributed by atoms with Gasteiger partial charge in [-0.25, -0.2) is 9.98 Å². The van der Waals surface area contributed by atoms with E-state index in [2.05, 4.69) is 64.7 Å². The van der Waals surface area contributed by atoms with Crippen LogP contribution in [-0.4, -0.2) is 43.8 Å². The minimum atomic E-state index is 0. The Bertz CT molecular complexity index is 762. The van der Waals surface area contributed by atoms with Crippen LogP contribution in [0.3, 0.4) is 0 Å². The van der Waals surface area contributed by atoms with Crippen molar-refractivity contribution < 1.29 is 4.74 Å². The molecule has 1 fully saturated rings. The zero-order valence-corrected chi connectivity index (χ0v) is 19.0. The molecule has 0 saturated carbocycles. The average molecular weight is 495 g/mol. The molecule has 1 aromatic heterocycles. The van der Waals surface area contributed by atoms with E-state index in [0.29, 0.717) is 6.54 Å². The van der Waals surface area contributed by atoms with Crippen LogP contribution in [-0.2, 0) is 17.8 Å². The van der Waals surface area contributed by atoms with Crippen molar-refractivity contribution in [3.05, 3.63) is 59.3 Å². The summed E-state index contributed by atoms with van der Waals surface area (Å²) in [5, 5.41) is 6.76. The van der Waals surface area contributed by atoms with E-state index >= 15 is 0 Å². The average Bonchev–Trinajstić information content (AvgIpc) is 2.72. The van der Waals surface area contributed by atoms with Crippen molar-refractivity contribution in [3.63, 3.8) is 0 Å². The van der Waals surface area contributed by atoms with Gasteiger partial charge in [-0.2, -0.15) is 0 Å². The van der Waals surface area contributed by atoms with E-state index in [0.717, 1.165) is 56.7 Å². The maximum Gasteiger partial charge on any atom is 0.191 e. The second kappa shape index (κ2) is 11.9. The summed E-state index contributed by atoms with van der Waals surface area (Å²) in [5.74, 6) is 1.83. The fourth-order valence-corrected chi connectivity index (χ4v) is 3.11. The van der Waals surface area contributed by atoms with E-state index in [4.69, 9.17) is 9.73 Å². The van der Waals surface area contributed by atoms with Crippen molar-refractivity contribution >= 4 is 35.8 Å². The smallest absolute Gasteiger partial charge is 0.191 e. The van der Waals surface area contributed by atoms with Crippen molar-refractivity contribution in [3.8, 4) is 0 Å². The molecule has 0 unspecified atom stereocenters. The van der Waals surface area contributed by atoms with E-state index in [1.165, 1.54) is 11.1 Å². The van der Waals surface area contributed by atoms with E-state index < -0.39 is 0 Å². The quantitative estimate of drug-likeness (QED) is 0.367. The highest BCUT2D eigenvalue weighted by atomic mass is 127. The minimum absolute atomic E-state index is 0. The van der Waals surface area contributed by atoms with Gasteiger partial charge in [0.15, 0.2) is 5.96 Å². The highest BCUT2D eigenvalue weighted by molar-refractivity contribution is 14.0. The Morgan fingerprint density at radius 3 is 2.61 bits per heavy atom. The number of hydrogen-bond donors (Lipinski definition) is 2. The first-order valence-electron chi connectivity index (χ1n) is 9.61. The first-order chi connectivity index (χ1) is 13.3. The third kappa shape index (κ3) is 6.34. The summed E-state index contributed by atoms with van der Waals surface area (Å²) in [6.07, 6.45) is 1.85. The van der Waals surface area contributed by atoms with Gasteiger partial charge in [-0.15, -0.1) is 24.0 Å². The first-order valence-corrected chi connectivity index (χ1v) is 9.61. The van der Waals surface area contributed by atoms with E-state index in [1.54, 1.807) is 0 Å². The van der Waals surface area contributed by atoms with Gasteiger partial charge in [0.1, 0.15) is 5.82 Å². The highest BCUT2D eigenvalue weighted by Gasteiger charge is 2.15. The van der Waals surface area contributed by atoms with Crippen LogP contribution in [0.1, 0.15) is 23.6 Å². The maximum atomic E-state index is 5.46. The number of benzene rings is 1. The normalized spacial score (nSPS) is 14.4. The van der Waals surface area contributed by atoms with Gasteiger partial charge in [-0.05, 0) is 31.0 Å². The van der Waals surface area contributed by atoms with Crippen LogP contribution in [0.25, 0.3) is 0 Å². The van der Waals surface area contributed by atoms with Crippen molar-refractivity contribution in [1.29, 1.82) is 0 Å². The van der Waals surface area contributed by atoms with Crippen LogP contribution in [0, 0.1) is 6.92 Å². The molecule has 0 amide bonds. The lowest BCUT2D eigenvalue weighted by Crippen LogP contribution is -2.38. The molecule has 1 saturated heterocycles. The number of ether oxygens (including phenoxy) is 1. The fourth-order valence-electron chi connectivity index (χ4n) is 3.11. The second-order valence-corrected chi connectivity index (χ2v) is 6.56. The molecule has 1 aliphatic heterocycles. The van der Waals surface area contributed by atoms with Crippen LogP contribution in [0.2, 0.25) is 0 Å². The Morgan fingerprint density at radius 2 is 1.86 bits per heavy atom. The molecular weight excluding hydrogens is 465 g/mol. The number of aliphatic imine (C=N–C) groups is 1. The largest absolute Gasteiger partial charge is 0.378 e. The predicted molar refractivity (Wildman–Crippen MR) is 126 cm³/mol.